The third-order valence-electron chi connectivity index (χ3n) is 4.07. The van der Waals surface area contributed by atoms with Crippen molar-refractivity contribution in [2.45, 2.75) is 32.7 Å². The maximum Gasteiger partial charge on any atom is 0.231 e. The quantitative estimate of drug-likeness (QED) is 0.781. The number of rotatable bonds is 2. The average Bonchev–Trinajstić information content (AvgIpc) is 3.18. The first kappa shape index (κ1) is 14.5. The largest absolute Gasteiger partial charge is 0.454 e. The fourth-order valence-electron chi connectivity index (χ4n) is 2.90. The molecular weight excluding hydrogens is 310 g/mol. The molecule has 1 aliphatic heterocycles. The van der Waals surface area contributed by atoms with Crippen LogP contribution in [0, 0.1) is 0 Å². The predicted molar refractivity (Wildman–Crippen MR) is 91.2 cm³/mol. The lowest BCUT2D eigenvalue weighted by molar-refractivity contribution is 0.174. The van der Waals surface area contributed by atoms with Crippen LogP contribution < -0.4 is 15.2 Å². The Morgan fingerprint density at radius 1 is 1.26 bits per heavy atom. The van der Waals surface area contributed by atoms with E-state index in [0.717, 1.165) is 33.4 Å². The third-order valence-corrected chi connectivity index (χ3v) is 4.89. The van der Waals surface area contributed by atoms with E-state index >= 15 is 0 Å². The summed E-state index contributed by atoms with van der Waals surface area (Å²) in [5.41, 5.74) is 10.3. The monoisotopic (exact) mass is 329 g/mol. The van der Waals surface area contributed by atoms with E-state index in [4.69, 9.17) is 20.2 Å². The van der Waals surface area contributed by atoms with Crippen LogP contribution in [0.3, 0.4) is 0 Å². The Bertz CT molecular complexity index is 889. The molecule has 0 bridgehead atoms. The smallest absolute Gasteiger partial charge is 0.231 e. The van der Waals surface area contributed by atoms with Crippen molar-refractivity contribution in [2.24, 2.45) is 5.73 Å². The zero-order chi connectivity index (χ0) is 16.2. The number of nitrogens with zero attached hydrogens (tertiary/aromatic N) is 2. The van der Waals surface area contributed by atoms with E-state index in [-0.39, 0.29) is 12.2 Å². The number of aromatic nitrogens is 2. The first-order valence-electron chi connectivity index (χ1n) is 7.58. The van der Waals surface area contributed by atoms with E-state index in [1.165, 1.54) is 5.69 Å². The van der Waals surface area contributed by atoms with Gasteiger partial charge in [0.15, 0.2) is 16.5 Å². The molecule has 2 N–H and O–H groups in total. The standard InChI is InChI=1S/C17H19N3O2S/c1-17(2,3)14-8-23-16-19-15(11(7-18)20(14)16)10-4-5-12-13(6-10)22-9-21-12/h4-6,8H,7,9,18H2,1-3H3. The van der Waals surface area contributed by atoms with Crippen LogP contribution in [0.4, 0.5) is 0 Å². The number of benzene rings is 1. The summed E-state index contributed by atoms with van der Waals surface area (Å²) >= 11 is 1.65. The summed E-state index contributed by atoms with van der Waals surface area (Å²) in [6.07, 6.45) is 0. The summed E-state index contributed by atoms with van der Waals surface area (Å²) in [4.78, 5) is 5.79. The fraction of sp³-hybridized carbons (Fsp3) is 0.353. The molecular formula is C17H19N3O2S. The van der Waals surface area contributed by atoms with Gasteiger partial charge in [0.1, 0.15) is 0 Å². The molecule has 3 heterocycles. The van der Waals surface area contributed by atoms with Gasteiger partial charge in [0.05, 0.1) is 11.4 Å². The van der Waals surface area contributed by atoms with Gasteiger partial charge < -0.3 is 15.2 Å². The van der Waals surface area contributed by atoms with Gasteiger partial charge in [-0.15, -0.1) is 11.3 Å². The molecule has 0 amide bonds. The number of nitrogens with two attached hydrogens (primary N) is 1. The van der Waals surface area contributed by atoms with Crippen molar-refractivity contribution >= 4 is 16.3 Å². The number of hydrogen-bond donors (Lipinski definition) is 1. The van der Waals surface area contributed by atoms with Crippen molar-refractivity contribution in [3.05, 3.63) is 35.0 Å². The van der Waals surface area contributed by atoms with Crippen molar-refractivity contribution in [1.29, 1.82) is 0 Å². The first-order chi connectivity index (χ1) is 11.0. The second-order valence-corrected chi connectivity index (χ2v) is 7.50. The van der Waals surface area contributed by atoms with Gasteiger partial charge in [-0.25, -0.2) is 4.98 Å². The SMILES string of the molecule is CC(C)(C)c1csc2nc(-c3ccc4c(c3)OCO4)c(CN)n12. The van der Waals surface area contributed by atoms with Crippen LogP contribution in [0.15, 0.2) is 23.6 Å². The van der Waals surface area contributed by atoms with Crippen LogP contribution in [0.1, 0.15) is 32.2 Å². The molecule has 0 spiro atoms. The van der Waals surface area contributed by atoms with Crippen LogP contribution in [0.2, 0.25) is 0 Å². The summed E-state index contributed by atoms with van der Waals surface area (Å²) in [7, 11) is 0. The lowest BCUT2D eigenvalue weighted by atomic mass is 9.93. The van der Waals surface area contributed by atoms with Gasteiger partial charge in [-0.1, -0.05) is 20.8 Å². The maximum absolute atomic E-state index is 6.07. The van der Waals surface area contributed by atoms with Crippen LogP contribution in [0.5, 0.6) is 11.5 Å². The topological polar surface area (TPSA) is 61.8 Å². The van der Waals surface area contributed by atoms with Gasteiger partial charge in [0.2, 0.25) is 6.79 Å². The van der Waals surface area contributed by atoms with Gasteiger partial charge in [0, 0.05) is 28.6 Å². The zero-order valence-electron chi connectivity index (χ0n) is 13.4. The lowest BCUT2D eigenvalue weighted by Gasteiger charge is -2.18. The van der Waals surface area contributed by atoms with Crippen molar-refractivity contribution in [3.8, 4) is 22.8 Å². The Morgan fingerprint density at radius 2 is 2.04 bits per heavy atom. The highest BCUT2D eigenvalue weighted by Crippen LogP contribution is 2.38. The Labute approximate surface area is 138 Å². The molecule has 120 valence electrons. The van der Waals surface area contributed by atoms with Crippen LogP contribution >= 0.6 is 11.3 Å². The van der Waals surface area contributed by atoms with Crippen molar-refractivity contribution in [2.75, 3.05) is 6.79 Å². The highest BCUT2D eigenvalue weighted by atomic mass is 32.1. The van der Waals surface area contributed by atoms with Crippen molar-refractivity contribution in [1.82, 2.24) is 9.38 Å². The molecule has 0 fully saturated rings. The molecule has 1 aliphatic rings. The Hall–Kier alpha value is -2.05. The molecule has 0 radical (unpaired) electrons. The second kappa shape index (κ2) is 4.97. The highest BCUT2D eigenvalue weighted by Gasteiger charge is 2.24. The minimum Gasteiger partial charge on any atom is -0.454 e. The van der Waals surface area contributed by atoms with Crippen LogP contribution in [-0.4, -0.2) is 16.2 Å². The van der Waals surface area contributed by atoms with E-state index in [2.05, 4.69) is 30.6 Å². The van der Waals surface area contributed by atoms with Gasteiger partial charge in [0.25, 0.3) is 0 Å². The fourth-order valence-corrected chi connectivity index (χ4v) is 4.03. The zero-order valence-corrected chi connectivity index (χ0v) is 14.2. The predicted octanol–water partition coefficient (Wildman–Crippen LogP) is 3.55. The normalized spacial score (nSPS) is 13.9. The van der Waals surface area contributed by atoms with E-state index in [9.17, 15) is 0 Å². The molecule has 2 aromatic heterocycles. The summed E-state index contributed by atoms with van der Waals surface area (Å²) in [6.45, 7) is 7.32. The van der Waals surface area contributed by atoms with Crippen molar-refractivity contribution < 1.29 is 9.47 Å². The molecule has 0 atom stereocenters. The average molecular weight is 329 g/mol. The minimum absolute atomic E-state index is 0.0367. The first-order valence-corrected chi connectivity index (χ1v) is 8.46. The number of thiazole rings is 1. The molecule has 5 nitrogen and oxygen atoms in total. The molecule has 3 aromatic rings. The molecule has 23 heavy (non-hydrogen) atoms. The molecule has 1 aromatic carbocycles. The van der Waals surface area contributed by atoms with Gasteiger partial charge >= 0.3 is 0 Å². The Morgan fingerprint density at radius 3 is 2.78 bits per heavy atom. The minimum atomic E-state index is 0.0367. The van der Waals surface area contributed by atoms with E-state index in [0.29, 0.717) is 6.54 Å². The van der Waals surface area contributed by atoms with E-state index in [1.807, 2.05) is 18.2 Å². The van der Waals surface area contributed by atoms with Gasteiger partial charge in [-0.2, -0.15) is 0 Å². The summed E-state index contributed by atoms with van der Waals surface area (Å²) < 4.78 is 13.1. The molecule has 0 unspecified atom stereocenters. The van der Waals surface area contributed by atoms with Crippen molar-refractivity contribution in [3.63, 3.8) is 0 Å². The second-order valence-electron chi connectivity index (χ2n) is 6.67. The maximum atomic E-state index is 6.07. The number of ether oxygens (including phenoxy) is 2. The Kier molecular flexibility index (Phi) is 3.14. The van der Waals surface area contributed by atoms with Gasteiger partial charge in [-0.3, -0.25) is 4.40 Å². The Balaban J connectivity index is 1.92. The molecule has 0 aliphatic carbocycles. The highest BCUT2D eigenvalue weighted by molar-refractivity contribution is 7.15. The summed E-state index contributed by atoms with van der Waals surface area (Å²) in [5.74, 6) is 1.54. The molecule has 4 rings (SSSR count). The molecule has 6 heteroatoms. The number of imidazole rings is 1. The third kappa shape index (κ3) is 2.21. The van der Waals surface area contributed by atoms with E-state index in [1.54, 1.807) is 11.3 Å². The molecule has 0 saturated carbocycles. The number of hydrogen-bond acceptors (Lipinski definition) is 5. The summed E-state index contributed by atoms with van der Waals surface area (Å²) in [5, 5.41) is 2.17. The van der Waals surface area contributed by atoms with E-state index < -0.39 is 0 Å². The van der Waals surface area contributed by atoms with Crippen LogP contribution in [0.25, 0.3) is 16.2 Å². The van der Waals surface area contributed by atoms with Gasteiger partial charge in [-0.05, 0) is 18.2 Å². The molecule has 0 saturated heterocycles. The van der Waals surface area contributed by atoms with Crippen LogP contribution in [-0.2, 0) is 12.0 Å². The lowest BCUT2D eigenvalue weighted by Crippen LogP contribution is -2.16. The summed E-state index contributed by atoms with van der Waals surface area (Å²) in [6, 6.07) is 5.91. The number of fused-ring (bicyclic) bond motifs is 2.